The summed E-state index contributed by atoms with van der Waals surface area (Å²) in [6.45, 7) is 2.13. The molecule has 122 valence electrons. The summed E-state index contributed by atoms with van der Waals surface area (Å²) in [7, 11) is 0. The molecule has 1 heterocycles. The van der Waals surface area contributed by atoms with E-state index in [4.69, 9.17) is 4.42 Å². The van der Waals surface area contributed by atoms with Crippen molar-refractivity contribution in [1.82, 2.24) is 15.5 Å². The van der Waals surface area contributed by atoms with E-state index in [2.05, 4.69) is 36.8 Å². The molecule has 0 aliphatic rings. The lowest BCUT2D eigenvalue weighted by molar-refractivity contribution is 0.250. The molecular formula is C17H15BrN4O2. The molecule has 0 unspecified atom stereocenters. The van der Waals surface area contributed by atoms with Crippen molar-refractivity contribution < 1.29 is 9.21 Å². The lowest BCUT2D eigenvalue weighted by atomic mass is 10.2. The monoisotopic (exact) mass is 386 g/mol. The summed E-state index contributed by atoms with van der Waals surface area (Å²) >= 11 is 3.43. The van der Waals surface area contributed by atoms with Crippen LogP contribution in [0.5, 0.6) is 0 Å². The van der Waals surface area contributed by atoms with Crippen molar-refractivity contribution in [3.05, 3.63) is 64.5 Å². The fraction of sp³-hybridized carbons (Fsp3) is 0.118. The molecule has 6 nitrogen and oxygen atoms in total. The van der Waals surface area contributed by atoms with Gasteiger partial charge in [-0.15, -0.1) is 10.2 Å². The Morgan fingerprint density at radius 3 is 2.71 bits per heavy atom. The first-order valence-electron chi connectivity index (χ1n) is 7.30. The van der Waals surface area contributed by atoms with Gasteiger partial charge in [0.05, 0.1) is 6.54 Å². The number of hydrogen-bond donors (Lipinski definition) is 2. The predicted molar refractivity (Wildman–Crippen MR) is 94.5 cm³/mol. The second-order valence-electron chi connectivity index (χ2n) is 5.14. The van der Waals surface area contributed by atoms with Crippen molar-refractivity contribution in [3.8, 4) is 11.5 Å². The molecular weight excluding hydrogens is 372 g/mol. The van der Waals surface area contributed by atoms with Crippen LogP contribution in [0.25, 0.3) is 11.5 Å². The van der Waals surface area contributed by atoms with Crippen molar-refractivity contribution >= 4 is 27.6 Å². The Labute approximate surface area is 147 Å². The fourth-order valence-electron chi connectivity index (χ4n) is 2.02. The highest BCUT2D eigenvalue weighted by atomic mass is 79.9. The minimum atomic E-state index is -0.342. The maximum atomic E-state index is 11.9. The van der Waals surface area contributed by atoms with Crippen LogP contribution < -0.4 is 10.6 Å². The molecule has 2 aromatic carbocycles. The first kappa shape index (κ1) is 16.2. The third-order valence-electron chi connectivity index (χ3n) is 3.32. The number of halogens is 1. The van der Waals surface area contributed by atoms with Gasteiger partial charge in [-0.05, 0) is 36.8 Å². The van der Waals surface area contributed by atoms with Crippen molar-refractivity contribution in [2.24, 2.45) is 0 Å². The van der Waals surface area contributed by atoms with Crippen LogP contribution in [-0.2, 0) is 6.54 Å². The molecule has 2 amide bonds. The molecule has 2 N–H and O–H groups in total. The Hall–Kier alpha value is -2.67. The first-order chi connectivity index (χ1) is 11.6. The molecule has 0 saturated carbocycles. The van der Waals surface area contributed by atoms with Gasteiger partial charge in [-0.1, -0.05) is 40.2 Å². The Kier molecular flexibility index (Phi) is 4.90. The van der Waals surface area contributed by atoms with Crippen molar-refractivity contribution in [2.45, 2.75) is 13.5 Å². The van der Waals surface area contributed by atoms with Gasteiger partial charge < -0.3 is 15.1 Å². The number of urea groups is 1. The van der Waals surface area contributed by atoms with E-state index in [1.165, 1.54) is 0 Å². The number of aromatic nitrogens is 2. The smallest absolute Gasteiger partial charge is 0.319 e. The SMILES string of the molecule is Cc1ccc(NC(=O)NCc2nnc(-c3ccccc3)o2)cc1Br. The summed E-state index contributed by atoms with van der Waals surface area (Å²) in [5, 5.41) is 13.3. The molecule has 3 rings (SSSR count). The fourth-order valence-corrected chi connectivity index (χ4v) is 2.40. The minimum absolute atomic E-state index is 0.151. The van der Waals surface area contributed by atoms with Crippen LogP contribution >= 0.6 is 15.9 Å². The highest BCUT2D eigenvalue weighted by molar-refractivity contribution is 9.10. The largest absolute Gasteiger partial charge is 0.419 e. The molecule has 0 aliphatic carbocycles. The van der Waals surface area contributed by atoms with Gasteiger partial charge in [-0.2, -0.15) is 0 Å². The second kappa shape index (κ2) is 7.27. The maximum absolute atomic E-state index is 11.9. The number of anilines is 1. The van der Waals surface area contributed by atoms with E-state index < -0.39 is 0 Å². The van der Waals surface area contributed by atoms with E-state index in [0.29, 0.717) is 17.5 Å². The molecule has 3 aromatic rings. The molecule has 0 aliphatic heterocycles. The molecule has 0 saturated heterocycles. The van der Waals surface area contributed by atoms with Crippen LogP contribution in [0, 0.1) is 6.92 Å². The number of amides is 2. The lowest BCUT2D eigenvalue weighted by Crippen LogP contribution is -2.28. The molecule has 7 heteroatoms. The number of nitrogens with one attached hydrogen (secondary N) is 2. The van der Waals surface area contributed by atoms with E-state index in [9.17, 15) is 4.79 Å². The third kappa shape index (κ3) is 3.99. The average Bonchev–Trinajstić information content (AvgIpc) is 3.06. The highest BCUT2D eigenvalue weighted by Gasteiger charge is 2.09. The second-order valence-corrected chi connectivity index (χ2v) is 5.99. The number of carbonyl (C=O) groups excluding carboxylic acids is 1. The van der Waals surface area contributed by atoms with Gasteiger partial charge in [0.15, 0.2) is 0 Å². The summed E-state index contributed by atoms with van der Waals surface area (Å²) in [6, 6.07) is 14.7. The number of hydrogen-bond acceptors (Lipinski definition) is 4. The lowest BCUT2D eigenvalue weighted by Gasteiger charge is -2.07. The zero-order valence-corrected chi connectivity index (χ0v) is 14.5. The van der Waals surface area contributed by atoms with Gasteiger partial charge in [-0.3, -0.25) is 0 Å². The third-order valence-corrected chi connectivity index (χ3v) is 4.17. The van der Waals surface area contributed by atoms with E-state index in [0.717, 1.165) is 15.6 Å². The molecule has 0 bridgehead atoms. The first-order valence-corrected chi connectivity index (χ1v) is 8.10. The number of aryl methyl sites for hydroxylation is 1. The zero-order chi connectivity index (χ0) is 16.9. The Bertz CT molecular complexity index is 849. The topological polar surface area (TPSA) is 80.0 Å². The van der Waals surface area contributed by atoms with Crippen molar-refractivity contribution in [1.29, 1.82) is 0 Å². The Morgan fingerprint density at radius 2 is 1.96 bits per heavy atom. The van der Waals surface area contributed by atoms with Gasteiger partial charge in [0.2, 0.25) is 11.8 Å². The summed E-state index contributed by atoms with van der Waals surface area (Å²) in [5.74, 6) is 0.768. The molecule has 0 spiro atoms. The number of nitrogens with zero attached hydrogens (tertiary/aromatic N) is 2. The summed E-state index contributed by atoms with van der Waals surface area (Å²) in [4.78, 5) is 11.9. The Balaban J connectivity index is 1.56. The molecule has 24 heavy (non-hydrogen) atoms. The Morgan fingerprint density at radius 1 is 1.17 bits per heavy atom. The van der Waals surface area contributed by atoms with E-state index in [1.54, 1.807) is 0 Å². The minimum Gasteiger partial charge on any atom is -0.419 e. The number of carbonyl (C=O) groups is 1. The molecule has 0 atom stereocenters. The number of rotatable bonds is 4. The van der Waals surface area contributed by atoms with Crippen LogP contribution in [-0.4, -0.2) is 16.2 Å². The van der Waals surface area contributed by atoms with Gasteiger partial charge >= 0.3 is 6.03 Å². The molecule has 0 fully saturated rings. The van der Waals surface area contributed by atoms with Crippen molar-refractivity contribution in [2.75, 3.05) is 5.32 Å². The van der Waals surface area contributed by atoms with Gasteiger partial charge in [0.1, 0.15) is 0 Å². The van der Waals surface area contributed by atoms with E-state index >= 15 is 0 Å². The summed E-state index contributed by atoms with van der Waals surface area (Å²) in [6.07, 6.45) is 0. The molecule has 1 aromatic heterocycles. The van der Waals surface area contributed by atoms with Crippen LogP contribution in [0.15, 0.2) is 57.4 Å². The quantitative estimate of drug-likeness (QED) is 0.706. The van der Waals surface area contributed by atoms with Crippen LogP contribution in [0.2, 0.25) is 0 Å². The van der Waals surface area contributed by atoms with Gasteiger partial charge in [-0.25, -0.2) is 4.79 Å². The van der Waals surface area contributed by atoms with Crippen molar-refractivity contribution in [3.63, 3.8) is 0 Å². The summed E-state index contributed by atoms with van der Waals surface area (Å²) < 4.78 is 6.47. The standard InChI is InChI=1S/C17H15BrN4O2/c1-11-7-8-13(9-14(11)18)20-17(23)19-10-15-21-22-16(24-15)12-5-3-2-4-6-12/h2-9H,10H2,1H3,(H2,19,20,23). The van der Waals surface area contributed by atoms with E-state index in [-0.39, 0.29) is 12.6 Å². The maximum Gasteiger partial charge on any atom is 0.319 e. The number of benzene rings is 2. The average molecular weight is 387 g/mol. The zero-order valence-electron chi connectivity index (χ0n) is 12.9. The molecule has 0 radical (unpaired) electrons. The normalized spacial score (nSPS) is 10.4. The van der Waals surface area contributed by atoms with Crippen LogP contribution in [0.1, 0.15) is 11.5 Å². The van der Waals surface area contributed by atoms with Crippen LogP contribution in [0.3, 0.4) is 0 Å². The highest BCUT2D eigenvalue weighted by Crippen LogP contribution is 2.20. The van der Waals surface area contributed by atoms with Crippen LogP contribution in [0.4, 0.5) is 10.5 Å². The predicted octanol–water partition coefficient (Wildman–Crippen LogP) is 4.13. The van der Waals surface area contributed by atoms with E-state index in [1.807, 2.05) is 55.5 Å². The summed E-state index contributed by atoms with van der Waals surface area (Å²) in [5.41, 5.74) is 2.63. The van der Waals surface area contributed by atoms with Gasteiger partial charge in [0.25, 0.3) is 0 Å². The van der Waals surface area contributed by atoms with Gasteiger partial charge in [0, 0.05) is 15.7 Å².